The number of ether oxygens (including phenoxy) is 5. The van der Waals surface area contributed by atoms with E-state index in [0.29, 0.717) is 46.1 Å². The summed E-state index contributed by atoms with van der Waals surface area (Å²) in [7, 11) is 5.92. The summed E-state index contributed by atoms with van der Waals surface area (Å²) < 4.78 is 26.6. The van der Waals surface area contributed by atoms with Gasteiger partial charge in [0.15, 0.2) is 28.8 Å². The highest BCUT2D eigenvalue weighted by Crippen LogP contribution is 2.47. The van der Waals surface area contributed by atoms with E-state index in [0.717, 1.165) is 11.3 Å². The maximum absolute atomic E-state index is 13.8. The van der Waals surface area contributed by atoms with E-state index in [9.17, 15) is 14.4 Å². The smallest absolute Gasteiger partial charge is 0.336 e. The molecule has 0 radical (unpaired) electrons. The lowest BCUT2D eigenvalue weighted by atomic mass is 9.71. The van der Waals surface area contributed by atoms with Gasteiger partial charge in [0.05, 0.1) is 34.0 Å². The summed E-state index contributed by atoms with van der Waals surface area (Å²) in [5.41, 5.74) is 3.79. The molecule has 2 aromatic rings. The third-order valence-corrected chi connectivity index (χ3v) is 6.89. The number of dihydropyridines is 1. The first-order valence-electron chi connectivity index (χ1n) is 12.1. The normalized spacial score (nSPS) is 18.8. The molecule has 1 heterocycles. The summed E-state index contributed by atoms with van der Waals surface area (Å²) in [6.45, 7) is 3.09. The van der Waals surface area contributed by atoms with Gasteiger partial charge in [-0.05, 0) is 54.7 Å². The second-order valence-electron chi connectivity index (χ2n) is 9.13. The lowest BCUT2D eigenvalue weighted by Crippen LogP contribution is -2.36. The average molecular weight is 522 g/mol. The minimum Gasteiger partial charge on any atom is -0.493 e. The van der Waals surface area contributed by atoms with Crippen molar-refractivity contribution >= 4 is 17.7 Å². The van der Waals surface area contributed by atoms with Crippen LogP contribution in [0.3, 0.4) is 0 Å². The topological polar surface area (TPSA) is 109 Å². The summed E-state index contributed by atoms with van der Waals surface area (Å²) in [5, 5.41) is 3.31. The largest absolute Gasteiger partial charge is 0.493 e. The fraction of sp³-hybridized carbons (Fsp3) is 0.345. The van der Waals surface area contributed by atoms with Crippen molar-refractivity contribution in [1.29, 1.82) is 0 Å². The molecule has 0 fully saturated rings. The zero-order chi connectivity index (χ0) is 27.6. The van der Waals surface area contributed by atoms with E-state index in [1.165, 1.54) is 21.1 Å². The van der Waals surface area contributed by atoms with E-state index >= 15 is 0 Å². The number of allylic oxidation sites excluding steroid dienone is 3. The molecule has 38 heavy (non-hydrogen) atoms. The van der Waals surface area contributed by atoms with Gasteiger partial charge < -0.3 is 29.0 Å². The lowest BCUT2D eigenvalue weighted by molar-refractivity contribution is -0.136. The van der Waals surface area contributed by atoms with Crippen LogP contribution in [0.2, 0.25) is 0 Å². The highest BCUT2D eigenvalue weighted by molar-refractivity contribution is 6.04. The van der Waals surface area contributed by atoms with Crippen molar-refractivity contribution in [2.75, 3.05) is 28.4 Å². The molecule has 2 atom stereocenters. The minimum absolute atomic E-state index is 0.0829. The number of carbonyl (C=O) groups is 3. The minimum atomic E-state index is -0.683. The molecule has 0 amide bonds. The summed E-state index contributed by atoms with van der Waals surface area (Å²) in [6.07, 6.45) is 0.810. The Hall–Kier alpha value is -4.27. The first-order valence-corrected chi connectivity index (χ1v) is 12.1. The Labute approximate surface area is 221 Å². The fourth-order valence-corrected chi connectivity index (χ4v) is 5.20. The lowest BCUT2D eigenvalue weighted by Gasteiger charge is -2.36. The van der Waals surface area contributed by atoms with Crippen LogP contribution in [0.25, 0.3) is 0 Å². The van der Waals surface area contributed by atoms with Crippen LogP contribution in [-0.2, 0) is 19.1 Å². The zero-order valence-corrected chi connectivity index (χ0v) is 22.3. The number of carbonyl (C=O) groups excluding carboxylic acids is 3. The fourth-order valence-electron chi connectivity index (χ4n) is 5.20. The van der Waals surface area contributed by atoms with Crippen molar-refractivity contribution < 1.29 is 38.1 Å². The summed E-state index contributed by atoms with van der Waals surface area (Å²) in [6, 6.07) is 10.7. The number of ketones is 1. The van der Waals surface area contributed by atoms with Crippen molar-refractivity contribution in [2.45, 2.75) is 38.5 Å². The number of hydrogen-bond donors (Lipinski definition) is 1. The number of esters is 2. The molecule has 2 aliphatic rings. The van der Waals surface area contributed by atoms with E-state index in [2.05, 4.69) is 5.32 Å². The molecule has 0 aromatic heterocycles. The van der Waals surface area contributed by atoms with Gasteiger partial charge in [0, 0.05) is 36.2 Å². The second kappa shape index (κ2) is 11.0. The molecule has 1 aliphatic heterocycles. The molecular weight excluding hydrogens is 490 g/mol. The summed E-state index contributed by atoms with van der Waals surface area (Å²) in [4.78, 5) is 38.2. The molecule has 0 saturated heterocycles. The molecule has 0 bridgehead atoms. The van der Waals surface area contributed by atoms with Crippen LogP contribution in [0.15, 0.2) is 58.9 Å². The monoisotopic (exact) mass is 521 g/mol. The second-order valence-corrected chi connectivity index (χ2v) is 9.13. The maximum Gasteiger partial charge on any atom is 0.336 e. The van der Waals surface area contributed by atoms with Crippen molar-refractivity contribution in [3.8, 4) is 23.0 Å². The first kappa shape index (κ1) is 26.8. The van der Waals surface area contributed by atoms with Crippen LogP contribution in [0.4, 0.5) is 0 Å². The number of methoxy groups -OCH3 is 4. The standard InChI is InChI=1S/C29H31NO8/c1-15-26(29(33)37-6)27(18-8-10-23(38-16(2)31)25(14-18)36-5)28-20(30-15)11-19(12-21(28)32)17-7-9-22(34-3)24(13-17)35-4/h7-10,13-14,19,27,30H,11-12H2,1-6H3/t19-,27-/m1/s1. The van der Waals surface area contributed by atoms with E-state index in [1.54, 1.807) is 39.3 Å². The molecule has 1 aliphatic carbocycles. The third kappa shape index (κ3) is 4.96. The molecule has 4 rings (SSSR count). The molecule has 0 unspecified atom stereocenters. The van der Waals surface area contributed by atoms with Gasteiger partial charge in [-0.15, -0.1) is 0 Å². The molecule has 2 aromatic carbocycles. The molecule has 0 spiro atoms. The van der Waals surface area contributed by atoms with Gasteiger partial charge >= 0.3 is 11.9 Å². The van der Waals surface area contributed by atoms with Gasteiger partial charge in [-0.2, -0.15) is 0 Å². The van der Waals surface area contributed by atoms with Crippen LogP contribution in [0, 0.1) is 0 Å². The number of benzene rings is 2. The van der Waals surface area contributed by atoms with Crippen LogP contribution >= 0.6 is 0 Å². The van der Waals surface area contributed by atoms with Crippen LogP contribution in [0.5, 0.6) is 23.0 Å². The zero-order valence-electron chi connectivity index (χ0n) is 22.3. The molecular formula is C29H31NO8. The Morgan fingerprint density at radius 3 is 2.08 bits per heavy atom. The maximum atomic E-state index is 13.8. The first-order chi connectivity index (χ1) is 18.2. The van der Waals surface area contributed by atoms with Crippen molar-refractivity contribution in [2.24, 2.45) is 0 Å². The van der Waals surface area contributed by atoms with Gasteiger partial charge in [0.25, 0.3) is 0 Å². The molecule has 9 nitrogen and oxygen atoms in total. The highest BCUT2D eigenvalue weighted by atomic mass is 16.6. The van der Waals surface area contributed by atoms with E-state index in [1.807, 2.05) is 18.2 Å². The predicted octanol–water partition coefficient (Wildman–Crippen LogP) is 4.17. The predicted molar refractivity (Wildman–Crippen MR) is 138 cm³/mol. The van der Waals surface area contributed by atoms with Crippen molar-refractivity contribution in [3.05, 3.63) is 70.1 Å². The van der Waals surface area contributed by atoms with Crippen molar-refractivity contribution in [3.63, 3.8) is 0 Å². The van der Waals surface area contributed by atoms with Gasteiger partial charge in [0.1, 0.15) is 0 Å². The SMILES string of the molecule is COC(=O)C1=C(C)NC2=C(C(=O)C[C@H](c3ccc(OC)c(OC)c3)C2)[C@@H]1c1ccc(OC(C)=O)c(OC)c1. The van der Waals surface area contributed by atoms with Gasteiger partial charge in [0.2, 0.25) is 0 Å². The Kier molecular flexibility index (Phi) is 7.75. The molecule has 200 valence electrons. The van der Waals surface area contributed by atoms with Gasteiger partial charge in [-0.3, -0.25) is 9.59 Å². The summed E-state index contributed by atoms with van der Waals surface area (Å²) >= 11 is 0. The van der Waals surface area contributed by atoms with Crippen molar-refractivity contribution in [1.82, 2.24) is 5.32 Å². The van der Waals surface area contributed by atoms with E-state index < -0.39 is 17.9 Å². The number of Topliss-reactive ketones (excluding diaryl/α,β-unsaturated/α-hetero) is 1. The molecule has 0 saturated carbocycles. The Morgan fingerprint density at radius 1 is 0.842 bits per heavy atom. The van der Waals surface area contributed by atoms with Crippen LogP contribution < -0.4 is 24.3 Å². The van der Waals surface area contributed by atoms with E-state index in [-0.39, 0.29) is 23.9 Å². The number of hydrogen-bond acceptors (Lipinski definition) is 9. The van der Waals surface area contributed by atoms with Gasteiger partial charge in [-0.25, -0.2) is 4.79 Å². The average Bonchev–Trinajstić information content (AvgIpc) is 2.91. The third-order valence-electron chi connectivity index (χ3n) is 6.89. The highest BCUT2D eigenvalue weighted by Gasteiger charge is 2.41. The quantitative estimate of drug-likeness (QED) is 0.424. The number of rotatable bonds is 7. The van der Waals surface area contributed by atoms with Crippen LogP contribution in [0.1, 0.15) is 49.7 Å². The Balaban J connectivity index is 1.80. The number of nitrogens with one attached hydrogen (secondary N) is 1. The van der Waals surface area contributed by atoms with E-state index in [4.69, 9.17) is 23.7 Å². The Bertz CT molecular complexity index is 1360. The molecule has 9 heteroatoms. The molecule has 1 N–H and O–H groups in total. The summed E-state index contributed by atoms with van der Waals surface area (Å²) in [5.74, 6) is -0.122. The van der Waals surface area contributed by atoms with Crippen LogP contribution in [-0.4, -0.2) is 46.2 Å². The Morgan fingerprint density at radius 2 is 1.45 bits per heavy atom. The van der Waals surface area contributed by atoms with Gasteiger partial charge in [-0.1, -0.05) is 12.1 Å².